The number of hydrogen-bond acceptors (Lipinski definition) is 6. The first-order valence-corrected chi connectivity index (χ1v) is 10.5. The summed E-state index contributed by atoms with van der Waals surface area (Å²) in [7, 11) is 0. The molecule has 0 radical (unpaired) electrons. The SMILES string of the molecule is CC(C)(C)OC(=O)Nc1ccc(Oc2ccc(C(=O)Nc3ccc(Br)cn3)cc2N)cc1. The van der Waals surface area contributed by atoms with Crippen LogP contribution in [-0.4, -0.2) is 22.6 Å². The molecule has 32 heavy (non-hydrogen) atoms. The molecule has 0 aliphatic rings. The van der Waals surface area contributed by atoms with E-state index in [1.807, 2.05) is 0 Å². The Labute approximate surface area is 194 Å². The van der Waals surface area contributed by atoms with Crippen molar-refractivity contribution >= 4 is 45.1 Å². The van der Waals surface area contributed by atoms with E-state index in [2.05, 4.69) is 31.5 Å². The molecule has 3 aromatic rings. The second kappa shape index (κ2) is 9.69. The molecule has 1 heterocycles. The van der Waals surface area contributed by atoms with E-state index >= 15 is 0 Å². The van der Waals surface area contributed by atoms with Gasteiger partial charge in [-0.15, -0.1) is 0 Å². The Morgan fingerprint density at radius 2 is 1.72 bits per heavy atom. The van der Waals surface area contributed by atoms with Crippen LogP contribution in [0.3, 0.4) is 0 Å². The molecule has 166 valence electrons. The summed E-state index contributed by atoms with van der Waals surface area (Å²) in [4.78, 5) is 28.4. The van der Waals surface area contributed by atoms with Crippen LogP contribution in [0.1, 0.15) is 31.1 Å². The minimum Gasteiger partial charge on any atom is -0.455 e. The predicted octanol–water partition coefficient (Wildman–Crippen LogP) is 5.82. The fourth-order valence-electron chi connectivity index (χ4n) is 2.58. The minimum atomic E-state index is -0.581. The first-order chi connectivity index (χ1) is 15.1. The summed E-state index contributed by atoms with van der Waals surface area (Å²) in [6, 6.07) is 15.0. The first kappa shape index (κ1) is 23.1. The fourth-order valence-corrected chi connectivity index (χ4v) is 2.81. The number of anilines is 3. The van der Waals surface area contributed by atoms with Gasteiger partial charge in [0.1, 0.15) is 22.9 Å². The highest BCUT2D eigenvalue weighted by atomic mass is 79.9. The van der Waals surface area contributed by atoms with Crippen LogP contribution in [0.25, 0.3) is 0 Å². The van der Waals surface area contributed by atoms with Crippen molar-refractivity contribution in [1.29, 1.82) is 0 Å². The summed E-state index contributed by atoms with van der Waals surface area (Å²) in [5.74, 6) is 1.01. The lowest BCUT2D eigenvalue weighted by atomic mass is 10.1. The largest absolute Gasteiger partial charge is 0.455 e. The summed E-state index contributed by atoms with van der Waals surface area (Å²) in [5.41, 5.74) is 6.73. The van der Waals surface area contributed by atoms with Crippen molar-refractivity contribution in [2.75, 3.05) is 16.4 Å². The van der Waals surface area contributed by atoms with Crippen molar-refractivity contribution in [3.63, 3.8) is 0 Å². The van der Waals surface area contributed by atoms with Crippen LogP contribution in [0, 0.1) is 0 Å². The molecule has 0 aliphatic carbocycles. The molecule has 0 aliphatic heterocycles. The second-order valence-corrected chi connectivity index (χ2v) is 8.74. The molecule has 0 saturated carbocycles. The number of nitrogens with one attached hydrogen (secondary N) is 2. The third kappa shape index (κ3) is 6.71. The van der Waals surface area contributed by atoms with Crippen molar-refractivity contribution in [3.8, 4) is 11.5 Å². The Bertz CT molecular complexity index is 1110. The van der Waals surface area contributed by atoms with Gasteiger partial charge in [-0.3, -0.25) is 10.1 Å². The standard InChI is InChI=1S/C23H23BrN4O4/c1-23(2,3)32-22(30)27-16-6-8-17(9-7-16)31-19-10-4-14(12-18(19)25)21(29)28-20-11-5-15(24)13-26-20/h4-13H,25H2,1-3H3,(H,27,30)(H,26,28,29). The van der Waals surface area contributed by atoms with Crippen LogP contribution in [0.2, 0.25) is 0 Å². The highest BCUT2D eigenvalue weighted by Crippen LogP contribution is 2.29. The normalized spacial score (nSPS) is 10.9. The molecule has 2 aromatic carbocycles. The smallest absolute Gasteiger partial charge is 0.412 e. The Hall–Kier alpha value is -3.59. The van der Waals surface area contributed by atoms with E-state index in [-0.39, 0.29) is 5.91 Å². The summed E-state index contributed by atoms with van der Waals surface area (Å²) < 4.78 is 11.8. The van der Waals surface area contributed by atoms with Gasteiger partial charge >= 0.3 is 6.09 Å². The molecular weight excluding hydrogens is 476 g/mol. The first-order valence-electron chi connectivity index (χ1n) is 9.69. The van der Waals surface area contributed by atoms with Crippen LogP contribution >= 0.6 is 15.9 Å². The zero-order valence-electron chi connectivity index (χ0n) is 17.8. The monoisotopic (exact) mass is 498 g/mol. The number of benzene rings is 2. The molecule has 2 amide bonds. The molecule has 0 unspecified atom stereocenters. The maximum atomic E-state index is 12.4. The lowest BCUT2D eigenvalue weighted by Crippen LogP contribution is -2.27. The lowest BCUT2D eigenvalue weighted by Gasteiger charge is -2.19. The molecule has 4 N–H and O–H groups in total. The van der Waals surface area contributed by atoms with Gasteiger partial charge in [-0.1, -0.05) is 0 Å². The molecule has 0 fully saturated rings. The number of halogens is 1. The van der Waals surface area contributed by atoms with E-state index in [4.69, 9.17) is 15.2 Å². The van der Waals surface area contributed by atoms with Crippen molar-refractivity contribution in [1.82, 2.24) is 4.98 Å². The third-order valence-corrected chi connectivity index (χ3v) is 4.44. The van der Waals surface area contributed by atoms with Gasteiger partial charge in [-0.25, -0.2) is 9.78 Å². The average molecular weight is 499 g/mol. The summed E-state index contributed by atoms with van der Waals surface area (Å²) in [6.07, 6.45) is 1.05. The molecule has 0 atom stereocenters. The quantitative estimate of drug-likeness (QED) is 0.381. The van der Waals surface area contributed by atoms with Crippen molar-refractivity contribution in [2.45, 2.75) is 26.4 Å². The Morgan fingerprint density at radius 3 is 2.31 bits per heavy atom. The Kier molecular flexibility index (Phi) is 6.99. The maximum absolute atomic E-state index is 12.4. The number of rotatable bonds is 5. The van der Waals surface area contributed by atoms with Crippen molar-refractivity contribution in [3.05, 3.63) is 70.8 Å². The van der Waals surface area contributed by atoms with Crippen LogP contribution in [-0.2, 0) is 4.74 Å². The van der Waals surface area contributed by atoms with Crippen molar-refractivity contribution < 1.29 is 19.1 Å². The van der Waals surface area contributed by atoms with E-state index in [0.29, 0.717) is 34.3 Å². The zero-order chi connectivity index (χ0) is 23.3. The Morgan fingerprint density at radius 1 is 1.00 bits per heavy atom. The number of ether oxygens (including phenoxy) is 2. The molecule has 0 spiro atoms. The summed E-state index contributed by atoms with van der Waals surface area (Å²) in [6.45, 7) is 5.38. The number of amides is 2. The fraction of sp³-hybridized carbons (Fsp3) is 0.174. The number of carbonyl (C=O) groups excluding carboxylic acids is 2. The van der Waals surface area contributed by atoms with Gasteiger partial charge in [0.05, 0.1) is 5.69 Å². The van der Waals surface area contributed by atoms with E-state index in [0.717, 1.165) is 4.47 Å². The van der Waals surface area contributed by atoms with Crippen LogP contribution in [0.4, 0.5) is 22.0 Å². The minimum absolute atomic E-state index is 0.303. The van der Waals surface area contributed by atoms with E-state index in [1.54, 1.807) is 75.5 Å². The highest BCUT2D eigenvalue weighted by molar-refractivity contribution is 9.10. The van der Waals surface area contributed by atoms with Gasteiger partial charge < -0.3 is 20.5 Å². The Balaban J connectivity index is 1.62. The molecule has 9 heteroatoms. The van der Waals surface area contributed by atoms with Gasteiger partial charge in [0.15, 0.2) is 0 Å². The molecule has 0 saturated heterocycles. The van der Waals surface area contributed by atoms with Gasteiger partial charge in [-0.2, -0.15) is 0 Å². The number of hydrogen-bond donors (Lipinski definition) is 3. The van der Waals surface area contributed by atoms with Gasteiger partial charge in [0.25, 0.3) is 5.91 Å². The van der Waals surface area contributed by atoms with E-state index in [9.17, 15) is 9.59 Å². The third-order valence-electron chi connectivity index (χ3n) is 3.97. The number of nitrogens with two attached hydrogens (primary N) is 1. The molecule has 3 rings (SSSR count). The van der Waals surface area contributed by atoms with Gasteiger partial charge in [0.2, 0.25) is 0 Å². The topological polar surface area (TPSA) is 116 Å². The average Bonchev–Trinajstić information content (AvgIpc) is 2.71. The number of nitrogens with zero attached hydrogens (tertiary/aromatic N) is 1. The zero-order valence-corrected chi connectivity index (χ0v) is 19.4. The van der Waals surface area contributed by atoms with Crippen LogP contribution in [0.5, 0.6) is 11.5 Å². The van der Waals surface area contributed by atoms with Crippen LogP contribution < -0.4 is 21.1 Å². The maximum Gasteiger partial charge on any atom is 0.412 e. The second-order valence-electron chi connectivity index (χ2n) is 7.82. The predicted molar refractivity (Wildman–Crippen MR) is 127 cm³/mol. The van der Waals surface area contributed by atoms with Crippen LogP contribution in [0.15, 0.2) is 65.3 Å². The lowest BCUT2D eigenvalue weighted by molar-refractivity contribution is 0.0635. The number of pyridine rings is 1. The molecule has 1 aromatic heterocycles. The molecular formula is C23H23BrN4O4. The number of carbonyl (C=O) groups is 2. The summed E-state index contributed by atoms with van der Waals surface area (Å²) >= 11 is 3.30. The highest BCUT2D eigenvalue weighted by Gasteiger charge is 2.16. The van der Waals surface area contributed by atoms with Gasteiger partial charge in [-0.05, 0) is 91.3 Å². The number of aromatic nitrogens is 1. The molecule has 8 nitrogen and oxygen atoms in total. The van der Waals surface area contributed by atoms with Gasteiger partial charge in [0, 0.05) is 21.9 Å². The van der Waals surface area contributed by atoms with Crippen molar-refractivity contribution in [2.24, 2.45) is 0 Å². The molecule has 0 bridgehead atoms. The number of nitrogen functional groups attached to an aromatic ring is 1. The van der Waals surface area contributed by atoms with E-state index in [1.165, 1.54) is 6.07 Å². The summed E-state index contributed by atoms with van der Waals surface area (Å²) in [5, 5.41) is 5.36. The van der Waals surface area contributed by atoms with E-state index < -0.39 is 11.7 Å².